The highest BCUT2D eigenvalue weighted by Crippen LogP contribution is 2.33. The minimum Gasteiger partial charge on any atom is -0.332 e. The van der Waals surface area contributed by atoms with Crippen LogP contribution >= 0.6 is 11.8 Å². The monoisotopic (exact) mass is 284 g/mol. The van der Waals surface area contributed by atoms with Crippen molar-refractivity contribution < 1.29 is 9.59 Å². The van der Waals surface area contributed by atoms with Crippen LogP contribution in [0.2, 0.25) is 0 Å². The summed E-state index contributed by atoms with van der Waals surface area (Å²) in [6.45, 7) is 5.94. The minimum absolute atomic E-state index is 0.0248. The van der Waals surface area contributed by atoms with Crippen molar-refractivity contribution >= 4 is 23.6 Å². The van der Waals surface area contributed by atoms with E-state index >= 15 is 0 Å². The number of carbonyl (C=O) groups excluding carboxylic acids is 2. The molecular formula is C14H24N2O2S. The van der Waals surface area contributed by atoms with Crippen molar-refractivity contribution in [2.24, 2.45) is 5.41 Å². The van der Waals surface area contributed by atoms with Gasteiger partial charge in [-0.15, -0.1) is 0 Å². The molecule has 0 aromatic rings. The molecular weight excluding hydrogens is 260 g/mol. The number of nitrogens with one attached hydrogen (secondary N) is 2. The van der Waals surface area contributed by atoms with Crippen LogP contribution in [-0.4, -0.2) is 34.9 Å². The summed E-state index contributed by atoms with van der Waals surface area (Å²) in [4.78, 5) is 23.1. The number of fused-ring (bicyclic) bond motifs is 1. The topological polar surface area (TPSA) is 58.2 Å². The summed E-state index contributed by atoms with van der Waals surface area (Å²) in [5.74, 6) is 1.36. The lowest BCUT2D eigenvalue weighted by molar-refractivity contribution is -0.126. The van der Waals surface area contributed by atoms with E-state index in [1.54, 1.807) is 0 Å². The molecule has 2 rings (SSSR count). The van der Waals surface area contributed by atoms with Gasteiger partial charge in [0.25, 0.3) is 0 Å². The van der Waals surface area contributed by atoms with E-state index in [1.807, 2.05) is 32.5 Å². The van der Waals surface area contributed by atoms with E-state index in [4.69, 9.17) is 0 Å². The van der Waals surface area contributed by atoms with Gasteiger partial charge in [-0.05, 0) is 12.8 Å². The predicted molar refractivity (Wildman–Crippen MR) is 78.4 cm³/mol. The molecule has 2 saturated heterocycles. The van der Waals surface area contributed by atoms with Gasteiger partial charge < -0.3 is 10.6 Å². The maximum absolute atomic E-state index is 11.8. The molecule has 4 nitrogen and oxygen atoms in total. The normalized spacial score (nSPS) is 29.8. The summed E-state index contributed by atoms with van der Waals surface area (Å²) in [5, 5.41) is 6.46. The van der Waals surface area contributed by atoms with Crippen LogP contribution in [0.5, 0.6) is 0 Å². The zero-order valence-corrected chi connectivity index (χ0v) is 12.8. The molecule has 2 N–H and O–H groups in total. The van der Waals surface area contributed by atoms with Gasteiger partial charge >= 0.3 is 6.03 Å². The molecule has 2 fully saturated rings. The first-order valence-electron chi connectivity index (χ1n) is 7.10. The molecule has 0 saturated carbocycles. The van der Waals surface area contributed by atoms with Gasteiger partial charge in [-0.3, -0.25) is 4.79 Å². The smallest absolute Gasteiger partial charge is 0.315 e. The van der Waals surface area contributed by atoms with Crippen LogP contribution < -0.4 is 10.6 Å². The quantitative estimate of drug-likeness (QED) is 0.602. The van der Waals surface area contributed by atoms with E-state index in [-0.39, 0.29) is 17.5 Å². The molecule has 0 aromatic carbocycles. The summed E-state index contributed by atoms with van der Waals surface area (Å²) in [6, 6.07) is 0.567. The number of ketones is 1. The number of rotatable bonds is 5. The van der Waals surface area contributed by atoms with Crippen molar-refractivity contribution in [1.82, 2.24) is 10.6 Å². The Morgan fingerprint density at radius 1 is 1.32 bits per heavy atom. The van der Waals surface area contributed by atoms with Gasteiger partial charge in [0.1, 0.15) is 5.78 Å². The second kappa shape index (κ2) is 5.73. The first-order valence-corrected chi connectivity index (χ1v) is 8.15. The third-order valence-corrected chi connectivity index (χ3v) is 5.43. The van der Waals surface area contributed by atoms with Crippen LogP contribution in [0.3, 0.4) is 0 Å². The van der Waals surface area contributed by atoms with E-state index in [1.165, 1.54) is 0 Å². The molecule has 2 amide bonds. The highest BCUT2D eigenvalue weighted by atomic mass is 32.2. The molecule has 0 bridgehead atoms. The molecule has 3 unspecified atom stereocenters. The van der Waals surface area contributed by atoms with Gasteiger partial charge in [-0.2, -0.15) is 11.8 Å². The van der Waals surface area contributed by atoms with E-state index in [2.05, 4.69) is 10.6 Å². The Labute approximate surface area is 119 Å². The number of unbranched alkanes of at least 4 members (excludes halogenated alkanes) is 1. The summed E-state index contributed by atoms with van der Waals surface area (Å²) in [6.07, 6.45) is 3.80. The first kappa shape index (κ1) is 14.7. The largest absolute Gasteiger partial charge is 0.332 e. The standard InChI is InChI=1S/C14H24N2O2S/c1-14(2,3)11(17)7-5-4-6-10-12-9(8-19-10)15-13(18)16-12/h9-10,12H,4-8H2,1-3H3,(H2,15,16,18). The van der Waals surface area contributed by atoms with E-state index in [0.29, 0.717) is 23.5 Å². The highest BCUT2D eigenvalue weighted by molar-refractivity contribution is 8.00. The lowest BCUT2D eigenvalue weighted by atomic mass is 9.87. The molecule has 108 valence electrons. The van der Waals surface area contributed by atoms with E-state index in [0.717, 1.165) is 25.0 Å². The maximum atomic E-state index is 11.8. The number of amides is 2. The molecule has 19 heavy (non-hydrogen) atoms. The van der Waals surface area contributed by atoms with Crippen molar-refractivity contribution in [3.05, 3.63) is 0 Å². The van der Waals surface area contributed by atoms with Crippen LogP contribution in [0.15, 0.2) is 0 Å². The Kier molecular flexibility index (Phi) is 4.43. The zero-order chi connectivity index (χ0) is 14.0. The fraction of sp³-hybridized carbons (Fsp3) is 0.857. The number of hydrogen-bond donors (Lipinski definition) is 2. The summed E-state index contributed by atoms with van der Waals surface area (Å²) in [7, 11) is 0. The number of Topliss-reactive ketones (excluding diaryl/α,β-unsaturated/α-hetero) is 1. The SMILES string of the molecule is CC(C)(C)C(=O)CCCCC1SCC2NC(=O)NC21. The Balaban J connectivity index is 1.67. The maximum Gasteiger partial charge on any atom is 0.315 e. The summed E-state index contributed by atoms with van der Waals surface area (Å²) >= 11 is 1.94. The summed E-state index contributed by atoms with van der Waals surface area (Å²) < 4.78 is 0. The molecule has 5 heteroatoms. The fourth-order valence-electron chi connectivity index (χ4n) is 2.65. The Morgan fingerprint density at radius 2 is 2.05 bits per heavy atom. The van der Waals surface area contributed by atoms with Crippen molar-refractivity contribution in [2.75, 3.05) is 5.75 Å². The molecule has 0 aromatic heterocycles. The molecule has 0 aliphatic carbocycles. The van der Waals surface area contributed by atoms with E-state index in [9.17, 15) is 9.59 Å². The number of carbonyl (C=O) groups is 2. The molecule has 0 spiro atoms. The lowest BCUT2D eigenvalue weighted by Gasteiger charge is -2.18. The second-order valence-corrected chi connectivity index (χ2v) is 7.81. The molecule has 0 radical (unpaired) electrons. The third-order valence-electron chi connectivity index (χ3n) is 3.92. The van der Waals surface area contributed by atoms with Crippen molar-refractivity contribution in [2.45, 2.75) is 63.8 Å². The Morgan fingerprint density at radius 3 is 2.74 bits per heavy atom. The second-order valence-electron chi connectivity index (χ2n) is 6.54. The van der Waals surface area contributed by atoms with Gasteiger partial charge in [0.05, 0.1) is 12.1 Å². The first-order chi connectivity index (χ1) is 8.88. The molecule has 2 aliphatic rings. The van der Waals surface area contributed by atoms with Gasteiger partial charge in [0.15, 0.2) is 0 Å². The van der Waals surface area contributed by atoms with Crippen LogP contribution in [-0.2, 0) is 4.79 Å². The van der Waals surface area contributed by atoms with E-state index < -0.39 is 0 Å². The average molecular weight is 284 g/mol. The predicted octanol–water partition coefficient (Wildman–Crippen LogP) is 2.33. The van der Waals surface area contributed by atoms with Crippen molar-refractivity contribution in [1.29, 1.82) is 0 Å². The number of thioether (sulfide) groups is 1. The van der Waals surface area contributed by atoms with Crippen LogP contribution in [0, 0.1) is 5.41 Å². The van der Waals surface area contributed by atoms with Gasteiger partial charge in [0.2, 0.25) is 0 Å². The third kappa shape index (κ3) is 3.65. The average Bonchev–Trinajstić information content (AvgIpc) is 2.82. The van der Waals surface area contributed by atoms with Gasteiger partial charge in [-0.25, -0.2) is 4.79 Å². The minimum atomic E-state index is -0.212. The Bertz CT molecular complexity index is 365. The highest BCUT2D eigenvalue weighted by Gasteiger charge is 2.42. The Hall–Kier alpha value is -0.710. The van der Waals surface area contributed by atoms with Crippen molar-refractivity contribution in [3.63, 3.8) is 0 Å². The zero-order valence-electron chi connectivity index (χ0n) is 12.0. The number of urea groups is 1. The number of hydrogen-bond acceptors (Lipinski definition) is 3. The summed E-state index contributed by atoms with van der Waals surface area (Å²) in [5.41, 5.74) is -0.212. The van der Waals surface area contributed by atoms with Gasteiger partial charge in [0, 0.05) is 22.8 Å². The van der Waals surface area contributed by atoms with Gasteiger partial charge in [-0.1, -0.05) is 27.2 Å². The molecule has 2 aliphatic heterocycles. The van der Waals surface area contributed by atoms with Crippen LogP contribution in [0.1, 0.15) is 46.5 Å². The van der Waals surface area contributed by atoms with Crippen LogP contribution in [0.4, 0.5) is 4.79 Å². The lowest BCUT2D eigenvalue weighted by Crippen LogP contribution is -2.36. The van der Waals surface area contributed by atoms with Crippen LogP contribution in [0.25, 0.3) is 0 Å². The van der Waals surface area contributed by atoms with Crippen molar-refractivity contribution in [3.8, 4) is 0 Å². The molecule has 2 heterocycles. The fourth-order valence-corrected chi connectivity index (χ4v) is 4.19. The molecule has 3 atom stereocenters.